The lowest BCUT2D eigenvalue weighted by Crippen LogP contribution is -2.61. The molecule has 1 atom stereocenters. The molecule has 3 aromatic rings. The van der Waals surface area contributed by atoms with Crippen molar-refractivity contribution < 1.29 is 4.42 Å². The van der Waals surface area contributed by atoms with Crippen molar-refractivity contribution >= 4 is 27.6 Å². The molecule has 2 aromatic carbocycles. The quantitative estimate of drug-likeness (QED) is 0.542. The van der Waals surface area contributed by atoms with Crippen molar-refractivity contribution in [3.8, 4) is 0 Å². The van der Waals surface area contributed by atoms with Crippen LogP contribution in [0.1, 0.15) is 45.1 Å². The van der Waals surface area contributed by atoms with Gasteiger partial charge in [0.05, 0.1) is 5.69 Å². The number of rotatable bonds is 1. The maximum absolute atomic E-state index is 6.38. The number of piperidine rings is 2. The van der Waals surface area contributed by atoms with Crippen molar-refractivity contribution in [3.63, 3.8) is 0 Å². The minimum atomic E-state index is 0.270. The molecule has 2 nitrogen and oxygen atoms in total. The highest BCUT2D eigenvalue weighted by molar-refractivity contribution is 6.09. The first-order valence-electron chi connectivity index (χ1n) is 9.29. The summed E-state index contributed by atoms with van der Waals surface area (Å²) in [6, 6.07) is 13.5. The second-order valence-electron chi connectivity index (χ2n) is 8.15. The van der Waals surface area contributed by atoms with Crippen LogP contribution in [0.2, 0.25) is 0 Å². The van der Waals surface area contributed by atoms with E-state index in [1.54, 1.807) is 0 Å². The molecule has 6 rings (SSSR count). The van der Waals surface area contributed by atoms with Gasteiger partial charge in [-0.05, 0) is 64.0 Å². The first-order valence-corrected chi connectivity index (χ1v) is 9.29. The van der Waals surface area contributed by atoms with E-state index < -0.39 is 0 Å². The fraction of sp³-hybridized carbons (Fsp3) is 0.455. The monoisotopic (exact) mass is 319 g/mol. The molecule has 1 saturated carbocycles. The van der Waals surface area contributed by atoms with E-state index in [0.717, 1.165) is 17.1 Å². The Kier molecular flexibility index (Phi) is 2.87. The third kappa shape index (κ3) is 1.77. The number of anilines is 1. The van der Waals surface area contributed by atoms with Crippen molar-refractivity contribution in [1.82, 2.24) is 0 Å². The third-order valence-electron chi connectivity index (χ3n) is 6.74. The van der Waals surface area contributed by atoms with E-state index in [-0.39, 0.29) is 5.54 Å². The number of para-hydroxylation sites is 1. The van der Waals surface area contributed by atoms with Gasteiger partial charge in [0.2, 0.25) is 0 Å². The smallest absolute Gasteiger partial charge is 0.158 e. The zero-order valence-electron chi connectivity index (χ0n) is 14.8. The van der Waals surface area contributed by atoms with Gasteiger partial charge in [-0.25, -0.2) is 0 Å². The van der Waals surface area contributed by atoms with E-state index in [1.165, 1.54) is 47.7 Å². The number of benzene rings is 2. The average Bonchev–Trinajstić information content (AvgIpc) is 2.95. The van der Waals surface area contributed by atoms with Gasteiger partial charge >= 0.3 is 0 Å². The standard InChI is InChI=1S/C22H25NO/c1-14-8-9-18-17-6-4-5-7-19(17)24-21(18)20(14)23-15(2)16-10-12-22(23,3)13-11-16/h4-9,15-16H,10-13H2,1-3H3/t15-,16?,22?/m0/s1. The zero-order valence-corrected chi connectivity index (χ0v) is 14.8. The minimum absolute atomic E-state index is 0.270. The Morgan fingerprint density at radius 1 is 1.04 bits per heavy atom. The highest BCUT2D eigenvalue weighted by Gasteiger charge is 2.48. The van der Waals surface area contributed by atoms with Crippen molar-refractivity contribution in [2.45, 2.75) is 58.0 Å². The fourth-order valence-corrected chi connectivity index (χ4v) is 5.33. The molecule has 0 amide bonds. The van der Waals surface area contributed by atoms with Crippen LogP contribution in [0.3, 0.4) is 0 Å². The van der Waals surface area contributed by atoms with Crippen LogP contribution in [0.25, 0.3) is 21.9 Å². The second-order valence-corrected chi connectivity index (χ2v) is 8.15. The van der Waals surface area contributed by atoms with Gasteiger partial charge in [-0.1, -0.05) is 30.3 Å². The molecule has 1 aliphatic carbocycles. The Morgan fingerprint density at radius 3 is 2.54 bits per heavy atom. The molecule has 2 heteroatoms. The van der Waals surface area contributed by atoms with Gasteiger partial charge in [-0.15, -0.1) is 0 Å². The van der Waals surface area contributed by atoms with Gasteiger partial charge in [0.1, 0.15) is 5.58 Å². The second kappa shape index (κ2) is 4.78. The van der Waals surface area contributed by atoms with Crippen molar-refractivity contribution in [3.05, 3.63) is 42.0 Å². The van der Waals surface area contributed by atoms with Crippen LogP contribution in [0.4, 0.5) is 5.69 Å². The lowest BCUT2D eigenvalue weighted by atomic mass is 9.67. The van der Waals surface area contributed by atoms with E-state index in [1.807, 2.05) is 0 Å². The Morgan fingerprint density at radius 2 is 1.79 bits per heavy atom. The predicted octanol–water partition coefficient (Wildman–Crippen LogP) is 6.05. The topological polar surface area (TPSA) is 16.4 Å². The third-order valence-corrected chi connectivity index (χ3v) is 6.74. The fourth-order valence-electron chi connectivity index (χ4n) is 5.33. The maximum atomic E-state index is 6.38. The number of aryl methyl sites for hydroxylation is 1. The predicted molar refractivity (Wildman–Crippen MR) is 101 cm³/mol. The zero-order chi connectivity index (χ0) is 16.5. The van der Waals surface area contributed by atoms with Gasteiger partial charge in [-0.3, -0.25) is 0 Å². The van der Waals surface area contributed by atoms with Crippen LogP contribution in [-0.4, -0.2) is 11.6 Å². The van der Waals surface area contributed by atoms with Crippen molar-refractivity contribution in [2.24, 2.45) is 5.92 Å². The van der Waals surface area contributed by atoms with E-state index in [0.29, 0.717) is 6.04 Å². The molecule has 0 unspecified atom stereocenters. The van der Waals surface area contributed by atoms with Crippen molar-refractivity contribution in [2.75, 3.05) is 4.90 Å². The molecular formula is C22H25NO. The molecule has 2 bridgehead atoms. The van der Waals surface area contributed by atoms with Crippen LogP contribution in [0, 0.1) is 12.8 Å². The Hall–Kier alpha value is -1.96. The highest BCUT2D eigenvalue weighted by atomic mass is 16.3. The van der Waals surface area contributed by atoms with Crippen LogP contribution >= 0.6 is 0 Å². The first kappa shape index (κ1) is 14.4. The number of furan rings is 1. The summed E-state index contributed by atoms with van der Waals surface area (Å²) in [5.74, 6) is 0.825. The summed E-state index contributed by atoms with van der Waals surface area (Å²) in [6.45, 7) is 7.11. The van der Waals surface area contributed by atoms with Crippen LogP contribution in [0.5, 0.6) is 0 Å². The van der Waals surface area contributed by atoms with Gasteiger partial charge < -0.3 is 9.32 Å². The van der Waals surface area contributed by atoms with Crippen LogP contribution < -0.4 is 4.90 Å². The number of nitrogens with zero attached hydrogens (tertiary/aromatic N) is 1. The molecule has 0 radical (unpaired) electrons. The van der Waals surface area contributed by atoms with Crippen LogP contribution in [0.15, 0.2) is 40.8 Å². The highest BCUT2D eigenvalue weighted by Crippen LogP contribution is 2.51. The largest absolute Gasteiger partial charge is 0.454 e. The first-order chi connectivity index (χ1) is 11.6. The Bertz CT molecular complexity index is 930. The molecule has 3 aliphatic rings. The summed E-state index contributed by atoms with van der Waals surface area (Å²) in [5, 5.41) is 2.48. The van der Waals surface area contributed by atoms with Crippen molar-refractivity contribution in [1.29, 1.82) is 0 Å². The molecule has 0 spiro atoms. The van der Waals surface area contributed by atoms with E-state index in [9.17, 15) is 0 Å². The van der Waals surface area contributed by atoms with E-state index >= 15 is 0 Å². The number of hydrogen-bond acceptors (Lipinski definition) is 2. The van der Waals surface area contributed by atoms with Gasteiger partial charge in [0.15, 0.2) is 5.58 Å². The lowest BCUT2D eigenvalue weighted by molar-refractivity contribution is 0.134. The van der Waals surface area contributed by atoms with Gasteiger partial charge in [0, 0.05) is 22.4 Å². The van der Waals surface area contributed by atoms with Gasteiger partial charge in [-0.2, -0.15) is 0 Å². The van der Waals surface area contributed by atoms with E-state index in [2.05, 4.69) is 62.1 Å². The average molecular weight is 319 g/mol. The molecule has 1 aromatic heterocycles. The van der Waals surface area contributed by atoms with E-state index in [4.69, 9.17) is 4.42 Å². The molecule has 124 valence electrons. The van der Waals surface area contributed by atoms with Crippen LogP contribution in [-0.2, 0) is 0 Å². The summed E-state index contributed by atoms with van der Waals surface area (Å²) in [4.78, 5) is 2.71. The summed E-state index contributed by atoms with van der Waals surface area (Å²) in [6.07, 6.45) is 5.36. The minimum Gasteiger partial charge on any atom is -0.454 e. The molecule has 2 aliphatic heterocycles. The SMILES string of the molecule is Cc1ccc2c(oc3ccccc32)c1N1[C@@H](C)C2CCC1(C)CC2. The molecule has 3 fully saturated rings. The maximum Gasteiger partial charge on any atom is 0.158 e. The molecule has 24 heavy (non-hydrogen) atoms. The summed E-state index contributed by atoms with van der Waals surface area (Å²) >= 11 is 0. The summed E-state index contributed by atoms with van der Waals surface area (Å²) < 4.78 is 6.38. The molecule has 2 saturated heterocycles. The summed E-state index contributed by atoms with van der Waals surface area (Å²) in [5.41, 5.74) is 5.02. The summed E-state index contributed by atoms with van der Waals surface area (Å²) in [7, 11) is 0. The van der Waals surface area contributed by atoms with Gasteiger partial charge in [0.25, 0.3) is 0 Å². The number of fused-ring (bicyclic) bond motifs is 6. The number of hydrogen-bond donors (Lipinski definition) is 0. The molecule has 0 N–H and O–H groups in total. The molecular weight excluding hydrogens is 294 g/mol. The lowest BCUT2D eigenvalue weighted by Gasteiger charge is -2.58. The normalized spacial score (nSPS) is 29.7. The molecule has 3 heterocycles. The Balaban J connectivity index is 1.81. The Labute approximate surface area is 143 Å².